The highest BCUT2D eigenvalue weighted by atomic mass is 16.7. The molecule has 3 aliphatic heterocycles. The quantitative estimate of drug-likeness (QED) is 0.154. The monoisotopic (exact) mass is 503 g/mol. The van der Waals surface area contributed by atoms with Gasteiger partial charge in [-0.1, -0.05) is 0 Å². The topological polar surface area (TPSA) is 274 Å². The first kappa shape index (κ1) is 27.9. The number of ether oxygens (including phenoxy) is 5. The average Bonchev–Trinajstić information content (AvgIpc) is 2.82. The predicted octanol–water partition coefficient (Wildman–Crippen LogP) is -7.61. The van der Waals surface area contributed by atoms with E-state index < -0.39 is 112 Å². The summed E-state index contributed by atoms with van der Waals surface area (Å²) >= 11 is 0. The molecule has 3 saturated heterocycles. The van der Waals surface area contributed by atoms with E-state index in [1.54, 1.807) is 0 Å². The van der Waals surface area contributed by atoms with Crippen LogP contribution in [0.25, 0.3) is 0 Å². The van der Waals surface area contributed by atoms with Gasteiger partial charge in [0.1, 0.15) is 67.1 Å². The Morgan fingerprint density at radius 1 is 0.529 bits per heavy atom. The summed E-state index contributed by atoms with van der Waals surface area (Å²) in [7, 11) is 0. The third-order valence-electron chi connectivity index (χ3n) is 6.14. The number of aliphatic hydroxyl groups excluding tert-OH is 10. The van der Waals surface area contributed by atoms with E-state index in [9.17, 15) is 51.1 Å². The van der Waals surface area contributed by atoms with Crippen LogP contribution in [0.5, 0.6) is 0 Å². The van der Waals surface area contributed by atoms with E-state index in [2.05, 4.69) is 0 Å². The lowest BCUT2D eigenvalue weighted by atomic mass is 9.97. The molecule has 0 bridgehead atoms. The first-order valence-corrected chi connectivity index (χ1v) is 10.7. The number of hydrogen-bond donors (Lipinski definition) is 11. The van der Waals surface area contributed by atoms with Gasteiger partial charge in [0, 0.05) is 0 Å². The van der Waals surface area contributed by atoms with Crippen LogP contribution in [0.4, 0.5) is 0 Å². The Bertz CT molecular complexity index is 644. The molecule has 0 amide bonds. The van der Waals surface area contributed by atoms with Gasteiger partial charge in [-0.15, -0.1) is 0 Å². The maximum Gasteiger partial charge on any atom is 0.186 e. The molecule has 0 unspecified atom stereocenters. The minimum Gasteiger partial charge on any atom is -0.394 e. The molecule has 16 nitrogen and oxygen atoms in total. The van der Waals surface area contributed by atoms with Crippen LogP contribution < -0.4 is 5.73 Å². The summed E-state index contributed by atoms with van der Waals surface area (Å²) in [6.45, 7) is -1.76. The second-order valence-electron chi connectivity index (χ2n) is 8.50. The van der Waals surface area contributed by atoms with Crippen molar-refractivity contribution in [2.24, 2.45) is 5.73 Å². The zero-order chi connectivity index (χ0) is 25.3. The van der Waals surface area contributed by atoms with Crippen LogP contribution in [-0.4, -0.2) is 163 Å². The van der Waals surface area contributed by atoms with Crippen LogP contribution in [0, 0.1) is 0 Å². The van der Waals surface area contributed by atoms with Crippen molar-refractivity contribution >= 4 is 0 Å². The predicted molar refractivity (Wildman–Crippen MR) is 103 cm³/mol. The summed E-state index contributed by atoms with van der Waals surface area (Å²) in [4.78, 5) is 0. The molecule has 3 rings (SSSR count). The lowest BCUT2D eigenvalue weighted by molar-refractivity contribution is -0.337. The first-order valence-electron chi connectivity index (χ1n) is 10.7. The molecule has 0 spiro atoms. The van der Waals surface area contributed by atoms with E-state index in [0.717, 1.165) is 0 Å². The van der Waals surface area contributed by atoms with Crippen LogP contribution in [-0.2, 0) is 23.7 Å². The maximum atomic E-state index is 10.2. The van der Waals surface area contributed by atoms with E-state index in [1.807, 2.05) is 0 Å². The van der Waals surface area contributed by atoms with Crippen molar-refractivity contribution in [1.29, 1.82) is 0 Å². The molecule has 0 aliphatic carbocycles. The molecule has 3 aliphatic rings. The second-order valence-corrected chi connectivity index (χ2v) is 8.50. The lowest BCUT2D eigenvalue weighted by Crippen LogP contribution is -2.63. The molecular weight excluding hydrogens is 470 g/mol. The van der Waals surface area contributed by atoms with Crippen LogP contribution >= 0.6 is 0 Å². The van der Waals surface area contributed by atoms with Crippen molar-refractivity contribution in [3.05, 3.63) is 0 Å². The third-order valence-corrected chi connectivity index (χ3v) is 6.14. The Kier molecular flexibility index (Phi) is 9.54. The largest absolute Gasteiger partial charge is 0.394 e. The van der Waals surface area contributed by atoms with Gasteiger partial charge in [-0.25, -0.2) is 0 Å². The van der Waals surface area contributed by atoms with Crippen molar-refractivity contribution in [3.8, 4) is 0 Å². The number of aliphatic hydroxyl groups is 10. The molecule has 0 aromatic heterocycles. The highest BCUT2D eigenvalue weighted by Crippen LogP contribution is 2.27. The molecule has 12 N–H and O–H groups in total. The molecule has 3 fully saturated rings. The summed E-state index contributed by atoms with van der Waals surface area (Å²) in [5, 5.41) is 99.1. The fraction of sp³-hybridized carbons (Fsp3) is 1.00. The van der Waals surface area contributed by atoms with E-state index in [0.29, 0.717) is 0 Å². The molecule has 15 atom stereocenters. The van der Waals surface area contributed by atoms with Gasteiger partial charge in [0.15, 0.2) is 18.9 Å². The van der Waals surface area contributed by atoms with Crippen molar-refractivity contribution in [1.82, 2.24) is 0 Å². The van der Waals surface area contributed by atoms with Gasteiger partial charge in [-0.2, -0.15) is 0 Å². The molecule has 0 saturated carbocycles. The molecule has 3 heterocycles. The van der Waals surface area contributed by atoms with Crippen LogP contribution in [0.3, 0.4) is 0 Å². The smallest absolute Gasteiger partial charge is 0.186 e. The van der Waals surface area contributed by atoms with E-state index >= 15 is 0 Å². The van der Waals surface area contributed by atoms with Crippen molar-refractivity contribution < 1.29 is 74.7 Å². The second kappa shape index (κ2) is 11.6. The molecule has 0 aromatic carbocycles. The Balaban J connectivity index is 1.58. The maximum absolute atomic E-state index is 10.2. The van der Waals surface area contributed by atoms with Gasteiger partial charge >= 0.3 is 0 Å². The molecule has 0 radical (unpaired) electrons. The summed E-state index contributed by atoms with van der Waals surface area (Å²) in [6.07, 6.45) is -21.9. The van der Waals surface area contributed by atoms with E-state index in [4.69, 9.17) is 29.4 Å². The minimum absolute atomic E-state index is 0.521. The first-order chi connectivity index (χ1) is 16.0. The van der Waals surface area contributed by atoms with Crippen molar-refractivity contribution in [3.63, 3.8) is 0 Å². The van der Waals surface area contributed by atoms with Crippen molar-refractivity contribution in [2.45, 2.75) is 92.1 Å². The van der Waals surface area contributed by atoms with E-state index in [1.165, 1.54) is 0 Å². The Morgan fingerprint density at radius 2 is 0.941 bits per heavy atom. The van der Waals surface area contributed by atoms with Gasteiger partial charge in [-0.05, 0) is 0 Å². The van der Waals surface area contributed by atoms with Gasteiger partial charge < -0.3 is 80.5 Å². The van der Waals surface area contributed by atoms with Gasteiger partial charge in [0.05, 0.1) is 25.9 Å². The highest BCUT2D eigenvalue weighted by molar-refractivity contribution is 4.93. The van der Waals surface area contributed by atoms with Crippen LogP contribution in [0.1, 0.15) is 0 Å². The summed E-state index contributed by atoms with van der Waals surface area (Å²) in [5.41, 5.74) is 5.49. The van der Waals surface area contributed by atoms with Gasteiger partial charge in [-0.3, -0.25) is 0 Å². The zero-order valence-electron chi connectivity index (χ0n) is 17.9. The normalized spacial score (nSPS) is 52.5. The molecule has 200 valence electrons. The number of nitrogens with two attached hydrogens (primary N) is 1. The summed E-state index contributed by atoms with van der Waals surface area (Å²) in [6, 6.07) is -1.26. The summed E-state index contributed by atoms with van der Waals surface area (Å²) in [5.74, 6) is 0. The van der Waals surface area contributed by atoms with Gasteiger partial charge in [0.25, 0.3) is 0 Å². The zero-order valence-corrected chi connectivity index (χ0v) is 17.9. The lowest BCUT2D eigenvalue weighted by Gasteiger charge is -2.43. The molecule has 34 heavy (non-hydrogen) atoms. The molecular formula is C18H33NO15. The average molecular weight is 503 g/mol. The van der Waals surface area contributed by atoms with Crippen LogP contribution in [0.15, 0.2) is 0 Å². The van der Waals surface area contributed by atoms with Crippen LogP contribution in [0.2, 0.25) is 0 Å². The standard InChI is InChI=1S/C18H33NO15/c19-7-11(24)9(22)5(32-16(7)29)2-30-18-15(28)13(26)10(23)6(34-18)3-31-17-14(27)12(25)8(21)4(1-20)33-17/h4-18,20-29H,1-3,19H2/t4-,5-,6-,7-,8-,9-,10-,11-,12+,13+,14+,15+,16+,17+,18+/m1/s1. The Labute approximate surface area is 193 Å². The fourth-order valence-electron chi connectivity index (χ4n) is 3.88. The highest BCUT2D eigenvalue weighted by Gasteiger charge is 2.48. The minimum atomic E-state index is -1.77. The Morgan fingerprint density at radius 3 is 1.44 bits per heavy atom. The molecule has 16 heteroatoms. The Hall–Kier alpha value is -0.640. The number of hydrogen-bond acceptors (Lipinski definition) is 16. The summed E-state index contributed by atoms with van der Waals surface area (Å²) < 4.78 is 26.3. The SMILES string of the molecule is N[C@@H]1[C@@H](O)[C@H](O)[C@@H](CO[C@H]2O[C@H](CO[C@H]3O[C@H](CO)[C@@H](O)[C@H](O)[C@@H]3O)[C@@H](O)[C@H](O)[C@@H]2O)O[C@@H]1O. The van der Waals surface area contributed by atoms with Gasteiger partial charge in [0.2, 0.25) is 0 Å². The third kappa shape index (κ3) is 5.68. The van der Waals surface area contributed by atoms with E-state index in [-0.39, 0.29) is 0 Å². The van der Waals surface area contributed by atoms with Crippen molar-refractivity contribution in [2.75, 3.05) is 19.8 Å². The number of rotatable bonds is 7. The molecule has 0 aromatic rings. The fourth-order valence-corrected chi connectivity index (χ4v) is 3.88.